The molecule has 28 heavy (non-hydrogen) atoms. The fourth-order valence-electron chi connectivity index (χ4n) is 3.67. The number of nitrogens with zero attached hydrogens (tertiary/aromatic N) is 5. The van der Waals surface area contributed by atoms with E-state index in [9.17, 15) is 0 Å². The van der Waals surface area contributed by atoms with Crippen LogP contribution in [0, 0.1) is 0 Å². The first-order valence-corrected chi connectivity index (χ1v) is 10.3. The van der Waals surface area contributed by atoms with Crippen LogP contribution < -0.4 is 15.5 Å². The number of halogens is 1. The molecule has 0 saturated carbocycles. The summed E-state index contributed by atoms with van der Waals surface area (Å²) in [6, 6.07) is 4.30. The van der Waals surface area contributed by atoms with Crippen molar-refractivity contribution in [3.05, 3.63) is 23.9 Å². The largest absolute Gasteiger partial charge is 0.355 e. The molecule has 0 atom stereocenters. The Morgan fingerprint density at radius 2 is 1.79 bits per heavy atom. The van der Waals surface area contributed by atoms with Gasteiger partial charge in [-0.05, 0) is 44.6 Å². The molecule has 0 aliphatic carbocycles. The summed E-state index contributed by atoms with van der Waals surface area (Å²) in [6.07, 6.45) is 6.03. The number of anilines is 1. The van der Waals surface area contributed by atoms with E-state index in [1.165, 1.54) is 37.9 Å². The first-order valence-electron chi connectivity index (χ1n) is 10.3. The molecule has 0 spiro atoms. The van der Waals surface area contributed by atoms with Gasteiger partial charge in [0.05, 0.1) is 0 Å². The number of nitrogens with one attached hydrogen (secondary N) is 2. The molecule has 2 aliphatic heterocycles. The summed E-state index contributed by atoms with van der Waals surface area (Å²) < 4.78 is 0. The van der Waals surface area contributed by atoms with E-state index in [2.05, 4.69) is 54.5 Å². The van der Waals surface area contributed by atoms with Crippen LogP contribution in [-0.2, 0) is 6.54 Å². The Kier molecular flexibility index (Phi) is 10.3. The van der Waals surface area contributed by atoms with Crippen molar-refractivity contribution in [2.45, 2.75) is 25.8 Å². The van der Waals surface area contributed by atoms with E-state index >= 15 is 0 Å². The molecule has 2 N–H and O–H groups in total. The van der Waals surface area contributed by atoms with Crippen molar-refractivity contribution in [3.63, 3.8) is 0 Å². The molecule has 0 amide bonds. The van der Waals surface area contributed by atoms with Gasteiger partial charge in [0.2, 0.25) is 0 Å². The molecule has 0 radical (unpaired) electrons. The monoisotopic (exact) mass is 501 g/mol. The van der Waals surface area contributed by atoms with E-state index < -0.39 is 0 Å². The molecule has 0 unspecified atom stereocenters. The standard InChI is InChI=1S/C20H35N7.HI/c1-21-20(22-8-11-26-9-4-3-5-10-26)24-17-18-6-7-19(23-16-18)27-14-12-25(2)13-15-27;/h6-7,16H,3-5,8-15,17H2,1-2H3,(H2,21,22,24);1H. The molecule has 0 aromatic carbocycles. The molecule has 2 fully saturated rings. The number of likely N-dealkylation sites (tertiary alicyclic amines) is 1. The van der Waals surface area contributed by atoms with Gasteiger partial charge >= 0.3 is 0 Å². The number of rotatable bonds is 6. The van der Waals surface area contributed by atoms with Crippen LogP contribution >= 0.6 is 24.0 Å². The summed E-state index contributed by atoms with van der Waals surface area (Å²) >= 11 is 0. The van der Waals surface area contributed by atoms with Gasteiger partial charge in [-0.2, -0.15) is 0 Å². The second-order valence-electron chi connectivity index (χ2n) is 7.57. The maximum atomic E-state index is 4.65. The number of piperazine rings is 1. The molecular weight excluding hydrogens is 465 g/mol. The lowest BCUT2D eigenvalue weighted by Gasteiger charge is -2.33. The highest BCUT2D eigenvalue weighted by Crippen LogP contribution is 2.13. The topological polar surface area (TPSA) is 59.0 Å². The summed E-state index contributed by atoms with van der Waals surface area (Å²) in [7, 11) is 4.00. The third-order valence-electron chi connectivity index (χ3n) is 5.49. The molecule has 3 rings (SSSR count). The molecule has 0 bridgehead atoms. The van der Waals surface area contributed by atoms with Crippen LogP contribution in [-0.4, -0.2) is 87.2 Å². The van der Waals surface area contributed by atoms with Gasteiger partial charge in [0, 0.05) is 59.1 Å². The van der Waals surface area contributed by atoms with E-state index in [0.717, 1.165) is 57.6 Å². The summed E-state index contributed by atoms with van der Waals surface area (Å²) in [4.78, 5) is 16.2. The molecule has 2 aliphatic rings. The predicted molar refractivity (Wildman–Crippen MR) is 128 cm³/mol. The number of likely N-dealkylation sites (N-methyl/N-ethyl adjacent to an activating group) is 1. The van der Waals surface area contributed by atoms with Gasteiger partial charge in [-0.25, -0.2) is 4.98 Å². The van der Waals surface area contributed by atoms with E-state index in [0.29, 0.717) is 0 Å². The highest BCUT2D eigenvalue weighted by Gasteiger charge is 2.15. The third kappa shape index (κ3) is 7.36. The third-order valence-corrected chi connectivity index (χ3v) is 5.49. The first kappa shape index (κ1) is 23.2. The average molecular weight is 501 g/mol. The Morgan fingerprint density at radius 3 is 2.43 bits per heavy atom. The molecule has 1 aromatic rings. The van der Waals surface area contributed by atoms with Crippen LogP contribution in [0.3, 0.4) is 0 Å². The molecule has 158 valence electrons. The zero-order chi connectivity index (χ0) is 18.9. The van der Waals surface area contributed by atoms with Crippen molar-refractivity contribution in [2.24, 2.45) is 4.99 Å². The van der Waals surface area contributed by atoms with Crippen LogP contribution in [0.5, 0.6) is 0 Å². The Bertz CT molecular complexity index is 579. The second-order valence-corrected chi connectivity index (χ2v) is 7.57. The van der Waals surface area contributed by atoms with Crippen LogP contribution in [0.15, 0.2) is 23.3 Å². The molecule has 3 heterocycles. The van der Waals surface area contributed by atoms with Crippen molar-refractivity contribution >= 4 is 35.8 Å². The van der Waals surface area contributed by atoms with Gasteiger partial charge in [0.1, 0.15) is 5.82 Å². The molecule has 2 saturated heterocycles. The molecule has 8 heteroatoms. The fraction of sp³-hybridized carbons (Fsp3) is 0.700. The highest BCUT2D eigenvalue weighted by molar-refractivity contribution is 14.0. The maximum absolute atomic E-state index is 4.65. The number of piperidine rings is 1. The minimum Gasteiger partial charge on any atom is -0.355 e. The van der Waals surface area contributed by atoms with Crippen molar-refractivity contribution < 1.29 is 0 Å². The number of hydrogen-bond donors (Lipinski definition) is 2. The van der Waals surface area contributed by atoms with Crippen LogP contribution in [0.2, 0.25) is 0 Å². The number of pyridine rings is 1. The molecular formula is C20H36IN7. The van der Waals surface area contributed by atoms with Gasteiger partial charge in [-0.3, -0.25) is 4.99 Å². The van der Waals surface area contributed by atoms with Gasteiger partial charge in [-0.15, -0.1) is 24.0 Å². The van der Waals surface area contributed by atoms with E-state index in [-0.39, 0.29) is 24.0 Å². The highest BCUT2D eigenvalue weighted by atomic mass is 127. The zero-order valence-electron chi connectivity index (χ0n) is 17.4. The predicted octanol–water partition coefficient (Wildman–Crippen LogP) is 1.60. The van der Waals surface area contributed by atoms with E-state index in [4.69, 9.17) is 0 Å². The maximum Gasteiger partial charge on any atom is 0.191 e. The zero-order valence-corrected chi connectivity index (χ0v) is 19.7. The lowest BCUT2D eigenvalue weighted by molar-refractivity contribution is 0.232. The number of hydrogen-bond acceptors (Lipinski definition) is 5. The Balaban J connectivity index is 0.00000280. The Labute approximate surface area is 187 Å². The quantitative estimate of drug-likeness (QED) is 0.351. The molecule has 1 aromatic heterocycles. The lowest BCUT2D eigenvalue weighted by atomic mass is 10.1. The fourth-order valence-corrected chi connectivity index (χ4v) is 3.67. The van der Waals surface area contributed by atoms with Crippen LogP contribution in [0.1, 0.15) is 24.8 Å². The molecule has 7 nitrogen and oxygen atoms in total. The summed E-state index contributed by atoms with van der Waals surface area (Å²) in [6.45, 7) is 9.53. The Morgan fingerprint density at radius 1 is 1.04 bits per heavy atom. The van der Waals surface area contributed by atoms with Gasteiger partial charge in [-0.1, -0.05) is 12.5 Å². The first-order chi connectivity index (χ1) is 13.2. The van der Waals surface area contributed by atoms with Crippen molar-refractivity contribution in [1.82, 2.24) is 25.4 Å². The Hall–Kier alpha value is -1.13. The normalized spacial score (nSPS) is 19.2. The van der Waals surface area contributed by atoms with Crippen molar-refractivity contribution in [1.29, 1.82) is 0 Å². The smallest absolute Gasteiger partial charge is 0.191 e. The van der Waals surface area contributed by atoms with E-state index in [1.807, 2.05) is 13.2 Å². The summed E-state index contributed by atoms with van der Waals surface area (Å²) in [5.74, 6) is 1.94. The summed E-state index contributed by atoms with van der Waals surface area (Å²) in [5, 5.41) is 6.81. The average Bonchev–Trinajstić information content (AvgIpc) is 2.72. The van der Waals surface area contributed by atoms with Gasteiger partial charge in [0.15, 0.2) is 5.96 Å². The van der Waals surface area contributed by atoms with Crippen LogP contribution in [0.4, 0.5) is 5.82 Å². The minimum absolute atomic E-state index is 0. The van der Waals surface area contributed by atoms with Gasteiger partial charge in [0.25, 0.3) is 0 Å². The second kappa shape index (κ2) is 12.4. The van der Waals surface area contributed by atoms with Gasteiger partial charge < -0.3 is 25.3 Å². The van der Waals surface area contributed by atoms with Crippen molar-refractivity contribution in [2.75, 3.05) is 71.4 Å². The van der Waals surface area contributed by atoms with Crippen molar-refractivity contribution in [3.8, 4) is 0 Å². The minimum atomic E-state index is 0. The summed E-state index contributed by atoms with van der Waals surface area (Å²) in [5.41, 5.74) is 1.17. The number of aromatic nitrogens is 1. The SMILES string of the molecule is CN=C(NCCN1CCCCC1)NCc1ccc(N2CCN(C)CC2)nc1.I. The lowest BCUT2D eigenvalue weighted by Crippen LogP contribution is -2.44. The van der Waals surface area contributed by atoms with E-state index in [1.54, 1.807) is 0 Å². The number of aliphatic imine (C=N–C) groups is 1. The number of guanidine groups is 1. The van der Waals surface area contributed by atoms with Crippen LogP contribution in [0.25, 0.3) is 0 Å².